The average Bonchev–Trinajstić information content (AvgIpc) is 2.89. The zero-order chi connectivity index (χ0) is 14.5. The van der Waals surface area contributed by atoms with E-state index in [-0.39, 0.29) is 0 Å². The van der Waals surface area contributed by atoms with Crippen molar-refractivity contribution in [3.05, 3.63) is 35.4 Å². The summed E-state index contributed by atoms with van der Waals surface area (Å²) in [5.41, 5.74) is 2.90. The number of fused-ring (bicyclic) bond motifs is 1. The van der Waals surface area contributed by atoms with Crippen LogP contribution in [0.3, 0.4) is 0 Å². The van der Waals surface area contributed by atoms with Crippen molar-refractivity contribution in [1.82, 2.24) is 15.1 Å². The summed E-state index contributed by atoms with van der Waals surface area (Å²) in [6, 6.07) is 8.68. The van der Waals surface area contributed by atoms with Gasteiger partial charge in [0.15, 0.2) is 0 Å². The number of hydrogen-bond acceptors (Lipinski definition) is 3. The quantitative estimate of drug-likeness (QED) is 0.878. The van der Waals surface area contributed by atoms with Gasteiger partial charge in [-0.25, -0.2) is 0 Å². The molecule has 1 saturated heterocycles. The van der Waals surface area contributed by atoms with Crippen LogP contribution in [0.15, 0.2) is 24.3 Å². The highest BCUT2D eigenvalue weighted by molar-refractivity contribution is 5.78. The van der Waals surface area contributed by atoms with Gasteiger partial charge in [0.2, 0.25) is 5.91 Å². The van der Waals surface area contributed by atoms with Gasteiger partial charge in [0.1, 0.15) is 0 Å². The van der Waals surface area contributed by atoms with Crippen LogP contribution in [0.5, 0.6) is 0 Å². The second-order valence-corrected chi connectivity index (χ2v) is 6.03. The second-order valence-electron chi connectivity index (χ2n) is 6.03. The topological polar surface area (TPSA) is 35.6 Å². The molecule has 0 spiro atoms. The molecule has 0 atom stereocenters. The van der Waals surface area contributed by atoms with E-state index < -0.39 is 0 Å². The Labute approximate surface area is 127 Å². The van der Waals surface area contributed by atoms with Gasteiger partial charge < -0.3 is 10.2 Å². The molecule has 0 bridgehead atoms. The minimum absolute atomic E-state index is 0.296. The summed E-state index contributed by atoms with van der Waals surface area (Å²) in [4.78, 5) is 16.8. The van der Waals surface area contributed by atoms with E-state index in [0.29, 0.717) is 12.5 Å². The van der Waals surface area contributed by atoms with Gasteiger partial charge in [0, 0.05) is 32.7 Å². The third-order valence-corrected chi connectivity index (χ3v) is 4.56. The van der Waals surface area contributed by atoms with Gasteiger partial charge in [-0.3, -0.25) is 9.69 Å². The monoisotopic (exact) mass is 287 g/mol. The summed E-state index contributed by atoms with van der Waals surface area (Å²) in [6.07, 6.45) is 3.19. The average molecular weight is 287 g/mol. The van der Waals surface area contributed by atoms with Gasteiger partial charge in [-0.15, -0.1) is 0 Å². The lowest BCUT2D eigenvalue weighted by Gasteiger charge is -2.25. The van der Waals surface area contributed by atoms with Gasteiger partial charge in [0.05, 0.1) is 6.54 Å². The molecule has 0 aromatic heterocycles. The lowest BCUT2D eigenvalue weighted by Crippen LogP contribution is -2.42. The highest BCUT2D eigenvalue weighted by atomic mass is 16.2. The third-order valence-electron chi connectivity index (χ3n) is 4.56. The Hall–Kier alpha value is -1.39. The first kappa shape index (κ1) is 14.5. The maximum absolute atomic E-state index is 12.5. The molecule has 0 aliphatic carbocycles. The molecule has 1 aromatic rings. The van der Waals surface area contributed by atoms with Crippen LogP contribution in [0.1, 0.15) is 17.5 Å². The molecular weight excluding hydrogens is 262 g/mol. The number of nitrogens with one attached hydrogen (secondary N) is 1. The standard InChI is InChI=1S/C17H25N3O/c21-17(20-10-3-8-18-9-13-20)14-19-11-6-15-4-1-2-5-16(15)7-12-19/h1-2,4-5,18H,3,6-14H2. The Bertz CT molecular complexity index is 454. The Kier molecular flexibility index (Phi) is 4.88. The Balaban J connectivity index is 1.55. The number of rotatable bonds is 2. The van der Waals surface area contributed by atoms with Gasteiger partial charge in [-0.2, -0.15) is 0 Å². The first-order valence-electron chi connectivity index (χ1n) is 8.10. The van der Waals surface area contributed by atoms with Crippen molar-refractivity contribution in [2.24, 2.45) is 0 Å². The summed E-state index contributed by atoms with van der Waals surface area (Å²) in [5, 5.41) is 3.35. The van der Waals surface area contributed by atoms with Gasteiger partial charge >= 0.3 is 0 Å². The van der Waals surface area contributed by atoms with Crippen molar-refractivity contribution >= 4 is 5.91 Å². The molecule has 3 rings (SSSR count). The number of hydrogen-bond donors (Lipinski definition) is 1. The number of carbonyl (C=O) groups is 1. The molecule has 0 radical (unpaired) electrons. The van der Waals surface area contributed by atoms with E-state index in [1.807, 2.05) is 4.90 Å². The molecule has 4 heteroatoms. The Morgan fingerprint density at radius 1 is 1.00 bits per heavy atom. The molecule has 2 aliphatic heterocycles. The number of carbonyl (C=O) groups excluding carboxylic acids is 1. The van der Waals surface area contributed by atoms with Gasteiger partial charge in [-0.05, 0) is 36.9 Å². The second kappa shape index (κ2) is 7.05. The summed E-state index contributed by atoms with van der Waals surface area (Å²) in [6.45, 7) is 6.28. The van der Waals surface area contributed by atoms with E-state index in [1.165, 1.54) is 11.1 Å². The van der Waals surface area contributed by atoms with Crippen LogP contribution in [-0.4, -0.2) is 61.5 Å². The van der Waals surface area contributed by atoms with E-state index in [2.05, 4.69) is 34.5 Å². The van der Waals surface area contributed by atoms with Crippen molar-refractivity contribution in [1.29, 1.82) is 0 Å². The normalized spacial score (nSPS) is 20.5. The van der Waals surface area contributed by atoms with E-state index >= 15 is 0 Å². The molecular formula is C17H25N3O. The molecule has 114 valence electrons. The minimum Gasteiger partial charge on any atom is -0.340 e. The highest BCUT2D eigenvalue weighted by Gasteiger charge is 2.20. The molecule has 2 heterocycles. The summed E-state index contributed by atoms with van der Waals surface area (Å²) < 4.78 is 0. The molecule has 4 nitrogen and oxygen atoms in total. The van der Waals surface area contributed by atoms with Crippen LogP contribution in [0, 0.1) is 0 Å². The first-order valence-corrected chi connectivity index (χ1v) is 8.10. The maximum Gasteiger partial charge on any atom is 0.236 e. The fourth-order valence-electron chi connectivity index (χ4n) is 3.26. The van der Waals surface area contributed by atoms with E-state index in [4.69, 9.17) is 0 Å². The SMILES string of the molecule is O=C(CN1CCc2ccccc2CC1)N1CCCNCC1. The molecule has 0 unspecified atom stereocenters. The summed E-state index contributed by atoms with van der Waals surface area (Å²) >= 11 is 0. The predicted molar refractivity (Wildman–Crippen MR) is 84.4 cm³/mol. The fraction of sp³-hybridized carbons (Fsp3) is 0.588. The first-order chi connectivity index (χ1) is 10.3. The Morgan fingerprint density at radius 2 is 1.71 bits per heavy atom. The Morgan fingerprint density at radius 3 is 2.43 bits per heavy atom. The fourth-order valence-corrected chi connectivity index (χ4v) is 3.26. The van der Waals surface area contributed by atoms with E-state index in [1.54, 1.807) is 0 Å². The lowest BCUT2D eigenvalue weighted by atomic mass is 10.0. The van der Waals surface area contributed by atoms with Gasteiger partial charge in [-0.1, -0.05) is 24.3 Å². The van der Waals surface area contributed by atoms with Crippen molar-refractivity contribution < 1.29 is 4.79 Å². The maximum atomic E-state index is 12.5. The number of benzene rings is 1. The van der Waals surface area contributed by atoms with Crippen LogP contribution < -0.4 is 5.32 Å². The van der Waals surface area contributed by atoms with Crippen LogP contribution >= 0.6 is 0 Å². The minimum atomic E-state index is 0.296. The zero-order valence-corrected chi connectivity index (χ0v) is 12.7. The van der Waals surface area contributed by atoms with Crippen LogP contribution in [0.2, 0.25) is 0 Å². The van der Waals surface area contributed by atoms with Crippen molar-refractivity contribution in [2.45, 2.75) is 19.3 Å². The molecule has 1 amide bonds. The number of amides is 1. The largest absolute Gasteiger partial charge is 0.340 e. The highest BCUT2D eigenvalue weighted by Crippen LogP contribution is 2.15. The molecule has 1 aromatic carbocycles. The summed E-state index contributed by atoms with van der Waals surface area (Å²) in [7, 11) is 0. The molecule has 0 saturated carbocycles. The van der Waals surface area contributed by atoms with E-state index in [0.717, 1.165) is 58.5 Å². The van der Waals surface area contributed by atoms with E-state index in [9.17, 15) is 4.79 Å². The lowest BCUT2D eigenvalue weighted by molar-refractivity contribution is -0.132. The molecule has 1 N–H and O–H groups in total. The smallest absolute Gasteiger partial charge is 0.236 e. The number of nitrogens with zero attached hydrogens (tertiary/aromatic N) is 2. The zero-order valence-electron chi connectivity index (χ0n) is 12.7. The van der Waals surface area contributed by atoms with Gasteiger partial charge in [0.25, 0.3) is 0 Å². The van der Waals surface area contributed by atoms with Crippen molar-refractivity contribution in [2.75, 3.05) is 45.8 Å². The van der Waals surface area contributed by atoms with Crippen LogP contribution in [-0.2, 0) is 17.6 Å². The van der Waals surface area contributed by atoms with Crippen molar-refractivity contribution in [3.63, 3.8) is 0 Å². The molecule has 1 fully saturated rings. The van der Waals surface area contributed by atoms with Crippen molar-refractivity contribution in [3.8, 4) is 0 Å². The predicted octanol–water partition coefficient (Wildman–Crippen LogP) is 0.909. The van der Waals surface area contributed by atoms with Crippen LogP contribution in [0.25, 0.3) is 0 Å². The summed E-state index contributed by atoms with van der Waals surface area (Å²) in [5.74, 6) is 0.296. The molecule has 2 aliphatic rings. The van der Waals surface area contributed by atoms with Crippen LogP contribution in [0.4, 0.5) is 0 Å². The molecule has 21 heavy (non-hydrogen) atoms. The third kappa shape index (κ3) is 3.83.